The molecule has 2 N–H and O–H groups in total. The topological polar surface area (TPSA) is 83.0 Å². The average Bonchev–Trinajstić information content (AvgIpc) is 3.32. The van der Waals surface area contributed by atoms with Crippen molar-refractivity contribution < 1.29 is 4.79 Å². The summed E-state index contributed by atoms with van der Waals surface area (Å²) in [7, 11) is 3.86. The number of hydrogen-bond acceptors (Lipinski definition) is 4. The van der Waals surface area contributed by atoms with Crippen LogP contribution in [0, 0.1) is 0 Å². The number of hydrogen-bond donors (Lipinski definition) is 2. The SMILES string of the molecule is CN(C)c1cc(CNC(=O)c2ccc3c(c2)[nH]c(=O)n3C2CCCC2)ccn1. The Hall–Kier alpha value is -3.09. The zero-order chi connectivity index (χ0) is 19.7. The molecule has 2 heterocycles. The van der Waals surface area contributed by atoms with E-state index in [0.29, 0.717) is 17.6 Å². The van der Waals surface area contributed by atoms with Gasteiger partial charge in [0.15, 0.2) is 0 Å². The van der Waals surface area contributed by atoms with E-state index in [9.17, 15) is 9.59 Å². The Morgan fingerprint density at radius 1 is 1.25 bits per heavy atom. The van der Waals surface area contributed by atoms with Gasteiger partial charge < -0.3 is 15.2 Å². The number of pyridine rings is 1. The third-order valence-electron chi connectivity index (χ3n) is 5.39. The second-order valence-electron chi connectivity index (χ2n) is 7.57. The highest BCUT2D eigenvalue weighted by atomic mass is 16.2. The fourth-order valence-corrected chi connectivity index (χ4v) is 3.90. The van der Waals surface area contributed by atoms with Crippen LogP contribution in [0.15, 0.2) is 41.3 Å². The lowest BCUT2D eigenvalue weighted by Gasteiger charge is -2.13. The maximum absolute atomic E-state index is 12.6. The first-order valence-electron chi connectivity index (χ1n) is 9.67. The van der Waals surface area contributed by atoms with Crippen LogP contribution in [0.25, 0.3) is 11.0 Å². The Labute approximate surface area is 163 Å². The number of nitrogens with zero attached hydrogens (tertiary/aromatic N) is 3. The molecule has 146 valence electrons. The summed E-state index contributed by atoms with van der Waals surface area (Å²) in [5, 5.41) is 2.94. The Bertz CT molecular complexity index is 1060. The van der Waals surface area contributed by atoms with Gasteiger partial charge in [0.2, 0.25) is 0 Å². The number of imidazole rings is 1. The predicted molar refractivity (Wildman–Crippen MR) is 110 cm³/mol. The maximum atomic E-state index is 12.6. The van der Waals surface area contributed by atoms with Gasteiger partial charge in [0.1, 0.15) is 5.82 Å². The molecule has 7 heteroatoms. The first kappa shape index (κ1) is 18.3. The van der Waals surface area contributed by atoms with Crippen molar-refractivity contribution in [3.8, 4) is 0 Å². The predicted octanol–water partition coefficient (Wildman–Crippen LogP) is 2.84. The van der Waals surface area contributed by atoms with Crippen LogP contribution in [0.2, 0.25) is 0 Å². The van der Waals surface area contributed by atoms with Crippen molar-refractivity contribution in [2.75, 3.05) is 19.0 Å². The molecular formula is C21H25N5O2. The van der Waals surface area contributed by atoms with Gasteiger partial charge in [-0.25, -0.2) is 9.78 Å². The van der Waals surface area contributed by atoms with Crippen molar-refractivity contribution in [2.45, 2.75) is 38.3 Å². The summed E-state index contributed by atoms with van der Waals surface area (Å²) in [5.41, 5.74) is 3.01. The highest BCUT2D eigenvalue weighted by Gasteiger charge is 2.21. The number of aromatic nitrogens is 3. The zero-order valence-electron chi connectivity index (χ0n) is 16.2. The maximum Gasteiger partial charge on any atom is 0.326 e. The molecule has 0 saturated heterocycles. The van der Waals surface area contributed by atoms with Gasteiger partial charge in [-0.15, -0.1) is 0 Å². The number of aromatic amines is 1. The van der Waals surface area contributed by atoms with Crippen molar-refractivity contribution >= 4 is 22.8 Å². The summed E-state index contributed by atoms with van der Waals surface area (Å²) in [4.78, 5) is 34.1. The summed E-state index contributed by atoms with van der Waals surface area (Å²) >= 11 is 0. The summed E-state index contributed by atoms with van der Waals surface area (Å²) in [5.74, 6) is 0.679. The highest BCUT2D eigenvalue weighted by Crippen LogP contribution is 2.30. The molecule has 0 atom stereocenters. The third-order valence-corrected chi connectivity index (χ3v) is 5.39. The lowest BCUT2D eigenvalue weighted by atomic mass is 10.1. The Balaban J connectivity index is 1.52. The summed E-state index contributed by atoms with van der Waals surface area (Å²) in [6, 6.07) is 9.51. The zero-order valence-corrected chi connectivity index (χ0v) is 16.2. The molecule has 1 aliphatic carbocycles. The van der Waals surface area contributed by atoms with Gasteiger partial charge in [0, 0.05) is 38.4 Å². The van der Waals surface area contributed by atoms with Crippen molar-refractivity contribution in [3.63, 3.8) is 0 Å². The van der Waals surface area contributed by atoms with Gasteiger partial charge in [0.05, 0.1) is 11.0 Å². The number of nitrogens with one attached hydrogen (secondary N) is 2. The minimum absolute atomic E-state index is 0.0903. The van der Waals surface area contributed by atoms with E-state index in [4.69, 9.17) is 0 Å². The van der Waals surface area contributed by atoms with E-state index in [1.54, 1.807) is 18.3 Å². The van der Waals surface area contributed by atoms with Crippen LogP contribution in [0.5, 0.6) is 0 Å². The number of carbonyl (C=O) groups excluding carboxylic acids is 1. The smallest absolute Gasteiger partial charge is 0.326 e. The van der Waals surface area contributed by atoms with Crippen LogP contribution < -0.4 is 15.9 Å². The Morgan fingerprint density at radius 2 is 2.04 bits per heavy atom. The first-order chi connectivity index (χ1) is 13.5. The van der Waals surface area contributed by atoms with E-state index in [2.05, 4.69) is 15.3 Å². The molecule has 4 rings (SSSR count). The van der Waals surface area contributed by atoms with Crippen molar-refractivity contribution in [2.24, 2.45) is 0 Å². The minimum atomic E-state index is -0.167. The van der Waals surface area contributed by atoms with Crippen molar-refractivity contribution in [3.05, 3.63) is 58.1 Å². The number of rotatable bonds is 5. The average molecular weight is 379 g/mol. The fourth-order valence-electron chi connectivity index (χ4n) is 3.90. The molecule has 0 bridgehead atoms. The van der Waals surface area contributed by atoms with Crippen molar-refractivity contribution in [1.82, 2.24) is 19.9 Å². The van der Waals surface area contributed by atoms with E-state index in [1.165, 1.54) is 0 Å². The summed E-state index contributed by atoms with van der Waals surface area (Å²) < 4.78 is 1.85. The Kier molecular flexibility index (Phi) is 4.90. The standard InChI is InChI=1S/C21H25N5O2/c1-25(2)19-11-14(9-10-22-19)13-23-20(27)15-7-8-18-17(12-15)24-21(28)26(18)16-5-3-4-6-16/h7-12,16H,3-6,13H2,1-2H3,(H,23,27)(H,24,28). The summed E-state index contributed by atoms with van der Waals surface area (Å²) in [6.45, 7) is 0.417. The number of amides is 1. The highest BCUT2D eigenvalue weighted by molar-refractivity contribution is 5.97. The molecule has 0 radical (unpaired) electrons. The molecule has 2 aromatic heterocycles. The van der Waals surface area contributed by atoms with Gasteiger partial charge in [-0.2, -0.15) is 0 Å². The monoisotopic (exact) mass is 379 g/mol. The number of benzene rings is 1. The van der Waals surface area contributed by atoms with E-state index in [-0.39, 0.29) is 17.6 Å². The normalized spacial score (nSPS) is 14.5. The van der Waals surface area contributed by atoms with E-state index < -0.39 is 0 Å². The molecule has 7 nitrogen and oxygen atoms in total. The molecule has 0 spiro atoms. The van der Waals surface area contributed by atoms with Crippen molar-refractivity contribution in [1.29, 1.82) is 0 Å². The van der Waals surface area contributed by atoms with Gasteiger partial charge in [-0.1, -0.05) is 12.8 Å². The van der Waals surface area contributed by atoms with Crippen LogP contribution in [-0.2, 0) is 6.54 Å². The van der Waals surface area contributed by atoms with E-state index >= 15 is 0 Å². The van der Waals surface area contributed by atoms with Gasteiger partial charge in [-0.05, 0) is 48.7 Å². The molecule has 1 saturated carbocycles. The van der Waals surface area contributed by atoms with Gasteiger partial charge >= 0.3 is 5.69 Å². The Morgan fingerprint density at radius 3 is 2.79 bits per heavy atom. The number of H-pyrrole nitrogens is 1. The quantitative estimate of drug-likeness (QED) is 0.714. The molecule has 1 aromatic carbocycles. The number of fused-ring (bicyclic) bond motifs is 1. The van der Waals surface area contributed by atoms with Gasteiger partial charge in [0.25, 0.3) is 5.91 Å². The van der Waals surface area contributed by atoms with Crippen LogP contribution in [-0.4, -0.2) is 34.5 Å². The number of anilines is 1. The first-order valence-corrected chi connectivity index (χ1v) is 9.67. The summed E-state index contributed by atoms with van der Waals surface area (Å²) in [6.07, 6.45) is 6.13. The molecule has 28 heavy (non-hydrogen) atoms. The van der Waals surface area contributed by atoms with E-state index in [0.717, 1.165) is 42.6 Å². The molecule has 3 aromatic rings. The van der Waals surface area contributed by atoms with Gasteiger partial charge in [-0.3, -0.25) is 9.36 Å². The van der Waals surface area contributed by atoms with Crippen LogP contribution in [0.4, 0.5) is 5.82 Å². The molecule has 0 aliphatic heterocycles. The molecule has 1 fully saturated rings. The fraction of sp³-hybridized carbons (Fsp3) is 0.381. The molecule has 1 aliphatic rings. The minimum Gasteiger partial charge on any atom is -0.363 e. The molecular weight excluding hydrogens is 354 g/mol. The third kappa shape index (κ3) is 3.52. The number of carbonyl (C=O) groups is 1. The second-order valence-corrected chi connectivity index (χ2v) is 7.57. The molecule has 1 amide bonds. The van der Waals surface area contributed by atoms with Crippen LogP contribution >= 0.6 is 0 Å². The van der Waals surface area contributed by atoms with E-state index in [1.807, 2.05) is 41.8 Å². The van der Waals surface area contributed by atoms with Crippen LogP contribution in [0.1, 0.15) is 47.6 Å². The lowest BCUT2D eigenvalue weighted by Crippen LogP contribution is -2.23. The largest absolute Gasteiger partial charge is 0.363 e. The molecule has 0 unspecified atom stereocenters. The second kappa shape index (κ2) is 7.50. The van der Waals surface area contributed by atoms with Crippen LogP contribution in [0.3, 0.4) is 0 Å². The lowest BCUT2D eigenvalue weighted by molar-refractivity contribution is 0.0951.